The van der Waals surface area contributed by atoms with Crippen molar-refractivity contribution in [2.45, 2.75) is 59.3 Å². The number of benzene rings is 3. The first kappa shape index (κ1) is 28.4. The van der Waals surface area contributed by atoms with Gasteiger partial charge in [0.25, 0.3) is 0 Å². The van der Waals surface area contributed by atoms with Crippen molar-refractivity contribution in [3.63, 3.8) is 0 Å². The fourth-order valence-corrected chi connectivity index (χ4v) is 6.76. The maximum atomic E-state index is 14.3. The molecule has 0 aliphatic heterocycles. The highest BCUT2D eigenvalue weighted by molar-refractivity contribution is 7.71. The molecule has 37 heavy (non-hydrogen) atoms. The van der Waals surface area contributed by atoms with Crippen molar-refractivity contribution in [3.05, 3.63) is 88.0 Å². The van der Waals surface area contributed by atoms with E-state index >= 15 is 0 Å². The maximum absolute atomic E-state index is 14.3. The van der Waals surface area contributed by atoms with E-state index in [2.05, 4.69) is 13.8 Å². The molecule has 0 fully saturated rings. The topological polar surface area (TPSA) is 69.7 Å². The summed E-state index contributed by atoms with van der Waals surface area (Å²) < 4.78 is 25.2. The Bertz CT molecular complexity index is 1300. The molecule has 0 aliphatic rings. The molecule has 0 N–H and O–H groups in total. The van der Waals surface area contributed by atoms with Crippen molar-refractivity contribution in [1.82, 2.24) is 0 Å². The molecular weight excluding hydrogens is 483 g/mol. The van der Waals surface area contributed by atoms with Gasteiger partial charge in [-0.25, -0.2) is 0 Å². The van der Waals surface area contributed by atoms with E-state index < -0.39 is 13.3 Å². The van der Waals surface area contributed by atoms with Crippen LogP contribution in [0, 0.1) is 0 Å². The normalized spacial score (nSPS) is 12.2. The zero-order valence-corrected chi connectivity index (χ0v) is 24.0. The third kappa shape index (κ3) is 5.57. The van der Waals surface area contributed by atoms with Gasteiger partial charge in [-0.1, -0.05) is 84.0 Å². The van der Waals surface area contributed by atoms with Gasteiger partial charge in [0.15, 0.2) is 13.6 Å². The second kappa shape index (κ2) is 11.9. The van der Waals surface area contributed by atoms with E-state index in [4.69, 9.17) is 9.47 Å². The van der Waals surface area contributed by atoms with E-state index in [1.807, 2.05) is 52.0 Å². The third-order valence-electron chi connectivity index (χ3n) is 6.60. The zero-order chi connectivity index (χ0) is 27.4. The number of rotatable bonds is 10. The summed E-state index contributed by atoms with van der Waals surface area (Å²) in [6.07, 6.45) is 0. The predicted molar refractivity (Wildman–Crippen MR) is 151 cm³/mol. The average Bonchev–Trinajstić information content (AvgIpc) is 2.90. The Morgan fingerprint density at radius 2 is 1.24 bits per heavy atom. The Balaban J connectivity index is 2.40. The van der Waals surface area contributed by atoms with E-state index in [-0.39, 0.29) is 29.1 Å². The van der Waals surface area contributed by atoms with Crippen LogP contribution in [0.4, 0.5) is 0 Å². The number of methoxy groups -OCH3 is 2. The van der Waals surface area contributed by atoms with E-state index in [1.54, 1.807) is 30.3 Å². The SMILES string of the molecule is COc1cccc(OC)c1C(=O)[PH](=O)c1c(C(C)C)cc(C(C)C)c(C(=O)c2ccccc2)c1C(C)C. The van der Waals surface area contributed by atoms with Crippen LogP contribution in [0.3, 0.4) is 0 Å². The van der Waals surface area contributed by atoms with Gasteiger partial charge in [-0.15, -0.1) is 0 Å². The third-order valence-corrected chi connectivity index (χ3v) is 8.27. The zero-order valence-electron chi connectivity index (χ0n) is 23.0. The second-order valence-corrected chi connectivity index (χ2v) is 11.7. The monoisotopic (exact) mass is 520 g/mol. The molecule has 1 atom stereocenters. The first-order chi connectivity index (χ1) is 17.5. The Morgan fingerprint density at radius 1 is 0.703 bits per heavy atom. The highest BCUT2D eigenvalue weighted by atomic mass is 31.1. The van der Waals surface area contributed by atoms with Crippen molar-refractivity contribution < 1.29 is 23.6 Å². The minimum atomic E-state index is -3.09. The minimum absolute atomic E-state index is 0.00723. The lowest BCUT2D eigenvalue weighted by atomic mass is 9.81. The Kier molecular flexibility index (Phi) is 9.15. The van der Waals surface area contributed by atoms with E-state index in [0.29, 0.717) is 33.5 Å². The fraction of sp³-hybridized carbons (Fsp3) is 0.355. The van der Waals surface area contributed by atoms with Gasteiger partial charge in [0, 0.05) is 16.4 Å². The molecule has 0 aromatic heterocycles. The Labute approximate surface area is 221 Å². The lowest BCUT2D eigenvalue weighted by Gasteiger charge is -2.27. The molecule has 0 spiro atoms. The van der Waals surface area contributed by atoms with Gasteiger partial charge in [-0.05, 0) is 46.6 Å². The van der Waals surface area contributed by atoms with Crippen LogP contribution >= 0.6 is 7.80 Å². The average molecular weight is 521 g/mol. The molecule has 3 aromatic rings. The van der Waals surface area contributed by atoms with Gasteiger partial charge in [0.2, 0.25) is 5.52 Å². The standard InChI is InChI=1S/C31H37O5P/c1-18(2)22-17-23(19(3)4)30(26(20(5)6)27(22)29(32)21-13-10-9-11-14-21)37(34)31(33)28-24(35-7)15-12-16-25(28)36-8/h9-20,37H,1-8H3. The molecule has 1 unspecified atom stereocenters. The van der Waals surface area contributed by atoms with Crippen molar-refractivity contribution in [2.24, 2.45) is 0 Å². The molecule has 3 rings (SSSR count). The molecule has 0 saturated carbocycles. The lowest BCUT2D eigenvalue weighted by Crippen LogP contribution is -2.25. The first-order valence-corrected chi connectivity index (χ1v) is 14.1. The van der Waals surface area contributed by atoms with Crippen LogP contribution in [0.1, 0.15) is 102 Å². The summed E-state index contributed by atoms with van der Waals surface area (Å²) in [4.78, 5) is 27.9. The van der Waals surface area contributed by atoms with Crippen LogP contribution in [-0.2, 0) is 4.57 Å². The number of carbonyl (C=O) groups is 2. The van der Waals surface area contributed by atoms with Gasteiger partial charge in [-0.2, -0.15) is 0 Å². The molecule has 0 bridgehead atoms. The van der Waals surface area contributed by atoms with Crippen LogP contribution in [-0.4, -0.2) is 25.5 Å². The molecule has 0 saturated heterocycles. The van der Waals surface area contributed by atoms with E-state index in [1.165, 1.54) is 14.2 Å². The largest absolute Gasteiger partial charge is 0.496 e. The summed E-state index contributed by atoms with van der Waals surface area (Å²) >= 11 is 0. The van der Waals surface area contributed by atoms with Crippen LogP contribution in [0.25, 0.3) is 0 Å². The summed E-state index contributed by atoms with van der Waals surface area (Å²) in [7, 11) is -0.153. The molecule has 0 heterocycles. The predicted octanol–water partition coefficient (Wildman–Crippen LogP) is 7.33. The van der Waals surface area contributed by atoms with Crippen LogP contribution < -0.4 is 14.8 Å². The molecule has 0 radical (unpaired) electrons. The van der Waals surface area contributed by atoms with Crippen molar-refractivity contribution in [3.8, 4) is 11.5 Å². The number of hydrogen-bond donors (Lipinski definition) is 0. The second-order valence-electron chi connectivity index (χ2n) is 10.1. The van der Waals surface area contributed by atoms with Gasteiger partial charge < -0.3 is 14.0 Å². The molecule has 6 heteroatoms. The highest BCUT2D eigenvalue weighted by Gasteiger charge is 2.33. The summed E-state index contributed by atoms with van der Waals surface area (Å²) in [6, 6.07) is 16.1. The number of ether oxygens (including phenoxy) is 2. The highest BCUT2D eigenvalue weighted by Crippen LogP contribution is 2.42. The molecular formula is C31H37O5P. The lowest BCUT2D eigenvalue weighted by molar-refractivity contribution is 0.103. The van der Waals surface area contributed by atoms with E-state index in [0.717, 1.165) is 11.1 Å². The fourth-order valence-electron chi connectivity index (χ4n) is 4.78. The van der Waals surface area contributed by atoms with Gasteiger partial charge in [0.05, 0.1) is 14.2 Å². The Hall–Kier alpha value is -3.17. The molecule has 0 amide bonds. The van der Waals surface area contributed by atoms with Crippen molar-refractivity contribution in [2.75, 3.05) is 14.2 Å². The summed E-state index contributed by atoms with van der Waals surface area (Å²) in [5.41, 5.74) is 3.16. The quantitative estimate of drug-likeness (QED) is 0.207. The molecule has 5 nitrogen and oxygen atoms in total. The molecule has 0 aliphatic carbocycles. The van der Waals surface area contributed by atoms with Gasteiger partial charge in [-0.3, -0.25) is 9.59 Å². The summed E-state index contributed by atoms with van der Waals surface area (Å²) in [5.74, 6) is 0.390. The minimum Gasteiger partial charge on any atom is -0.496 e. The van der Waals surface area contributed by atoms with Gasteiger partial charge >= 0.3 is 0 Å². The van der Waals surface area contributed by atoms with E-state index in [9.17, 15) is 14.2 Å². The van der Waals surface area contributed by atoms with Crippen molar-refractivity contribution >= 4 is 24.4 Å². The molecule has 3 aromatic carbocycles. The first-order valence-electron chi connectivity index (χ1n) is 12.6. The van der Waals surface area contributed by atoms with Crippen LogP contribution in [0.15, 0.2) is 54.6 Å². The number of carbonyl (C=O) groups excluding carboxylic acids is 2. The number of ketones is 1. The summed E-state index contributed by atoms with van der Waals surface area (Å²) in [5, 5.41) is 0.483. The molecule has 196 valence electrons. The smallest absolute Gasteiger partial charge is 0.230 e. The van der Waals surface area contributed by atoms with Crippen molar-refractivity contribution in [1.29, 1.82) is 0 Å². The maximum Gasteiger partial charge on any atom is 0.230 e. The van der Waals surface area contributed by atoms with Crippen LogP contribution in [0.2, 0.25) is 0 Å². The summed E-state index contributed by atoms with van der Waals surface area (Å²) in [6.45, 7) is 12.1. The van der Waals surface area contributed by atoms with Crippen LogP contribution in [0.5, 0.6) is 11.5 Å². The number of hydrogen-bond acceptors (Lipinski definition) is 5. The Morgan fingerprint density at radius 3 is 1.70 bits per heavy atom. The van der Waals surface area contributed by atoms with Gasteiger partial charge in [0.1, 0.15) is 17.1 Å².